The Kier molecular flexibility index (Phi) is 4.76. The van der Waals surface area contributed by atoms with Gasteiger partial charge in [0.05, 0.1) is 6.54 Å². The lowest BCUT2D eigenvalue weighted by molar-refractivity contribution is 0.269. The Morgan fingerprint density at radius 2 is 1.90 bits per heavy atom. The summed E-state index contributed by atoms with van der Waals surface area (Å²) >= 11 is 1.64. The molecule has 0 saturated carbocycles. The largest absolute Gasteiger partial charge is 0.399 e. The number of thiophene rings is 1. The van der Waals surface area contributed by atoms with Crippen LogP contribution in [0.2, 0.25) is 0 Å². The molecule has 3 aromatic heterocycles. The standard InChI is InChI=1S/C22H21N7OS/c1-13-14(2)31-21-19(13)20(16-5-7-17(23)8-6-16)27-28(11-15-4-3-9-24-10-15)22-26-25-18(12-30)29(21)22/h3-10,30H,11-12,23H2,1-2H3. The van der Waals surface area contributed by atoms with Gasteiger partial charge >= 0.3 is 0 Å². The molecule has 8 nitrogen and oxygen atoms in total. The van der Waals surface area contributed by atoms with E-state index in [1.54, 1.807) is 17.5 Å². The van der Waals surface area contributed by atoms with Gasteiger partial charge in [-0.15, -0.1) is 21.5 Å². The van der Waals surface area contributed by atoms with Gasteiger partial charge in [0.25, 0.3) is 5.95 Å². The summed E-state index contributed by atoms with van der Waals surface area (Å²) in [7, 11) is 0. The fourth-order valence-electron chi connectivity index (χ4n) is 3.66. The number of fused-ring (bicyclic) bond motifs is 3. The van der Waals surface area contributed by atoms with Crippen LogP contribution < -0.4 is 10.7 Å². The quantitative estimate of drug-likeness (QED) is 0.481. The number of aromatic nitrogens is 4. The molecule has 5 rings (SSSR count). The topological polar surface area (TPSA) is 105 Å². The average Bonchev–Trinajstić information content (AvgIpc) is 3.30. The highest BCUT2D eigenvalue weighted by Crippen LogP contribution is 2.38. The van der Waals surface area contributed by atoms with Crippen LogP contribution in [0.15, 0.2) is 53.9 Å². The normalized spacial score (nSPS) is 12.9. The van der Waals surface area contributed by atoms with Crippen LogP contribution in [0, 0.1) is 13.8 Å². The number of pyridine rings is 1. The fourth-order valence-corrected chi connectivity index (χ4v) is 4.83. The second-order valence-electron chi connectivity index (χ2n) is 7.36. The van der Waals surface area contributed by atoms with Crippen LogP contribution in [-0.2, 0) is 13.2 Å². The van der Waals surface area contributed by atoms with E-state index in [1.165, 1.54) is 4.88 Å². The summed E-state index contributed by atoms with van der Waals surface area (Å²) in [4.78, 5) is 5.40. The predicted octanol–water partition coefficient (Wildman–Crippen LogP) is 3.19. The molecule has 1 aliphatic heterocycles. The minimum absolute atomic E-state index is 0.222. The predicted molar refractivity (Wildman–Crippen MR) is 122 cm³/mol. The molecule has 0 spiro atoms. The second-order valence-corrected chi connectivity index (χ2v) is 8.57. The number of benzene rings is 1. The lowest BCUT2D eigenvalue weighted by Crippen LogP contribution is -2.21. The zero-order chi connectivity index (χ0) is 21.5. The molecule has 156 valence electrons. The molecule has 0 amide bonds. The minimum atomic E-state index is -0.222. The van der Waals surface area contributed by atoms with Crippen molar-refractivity contribution < 1.29 is 5.11 Å². The molecule has 1 aliphatic rings. The molecule has 0 aliphatic carbocycles. The van der Waals surface area contributed by atoms with Gasteiger partial charge < -0.3 is 10.8 Å². The summed E-state index contributed by atoms with van der Waals surface area (Å²) in [6.07, 6.45) is 3.55. The van der Waals surface area contributed by atoms with Crippen LogP contribution >= 0.6 is 11.3 Å². The molecule has 4 heterocycles. The van der Waals surface area contributed by atoms with Crippen LogP contribution in [0.5, 0.6) is 0 Å². The molecule has 0 atom stereocenters. The number of hydrazone groups is 1. The Labute approximate surface area is 183 Å². The number of nitrogen functional groups attached to an aromatic ring is 1. The first-order chi connectivity index (χ1) is 15.1. The summed E-state index contributed by atoms with van der Waals surface area (Å²) in [5.41, 5.74) is 11.6. The highest BCUT2D eigenvalue weighted by Gasteiger charge is 2.30. The summed E-state index contributed by atoms with van der Waals surface area (Å²) in [5, 5.41) is 26.4. The van der Waals surface area contributed by atoms with Crippen molar-refractivity contribution in [3.05, 3.63) is 81.7 Å². The Morgan fingerprint density at radius 3 is 2.61 bits per heavy atom. The molecule has 1 aromatic carbocycles. The third kappa shape index (κ3) is 3.28. The van der Waals surface area contributed by atoms with E-state index in [9.17, 15) is 5.11 Å². The molecule has 4 aromatic rings. The zero-order valence-corrected chi connectivity index (χ0v) is 18.0. The van der Waals surface area contributed by atoms with Crippen molar-refractivity contribution in [2.45, 2.75) is 27.0 Å². The molecular formula is C22H21N7OS. The fraction of sp³-hybridized carbons (Fsp3) is 0.182. The number of hydrogen-bond acceptors (Lipinski definition) is 8. The summed E-state index contributed by atoms with van der Waals surface area (Å²) in [6, 6.07) is 11.6. The second kappa shape index (κ2) is 7.60. The molecule has 0 unspecified atom stereocenters. The number of nitrogens with two attached hydrogens (primary N) is 1. The Balaban J connectivity index is 1.77. The van der Waals surface area contributed by atoms with Gasteiger partial charge in [0.2, 0.25) is 0 Å². The molecule has 31 heavy (non-hydrogen) atoms. The van der Waals surface area contributed by atoms with Crippen LogP contribution in [-0.4, -0.2) is 30.6 Å². The van der Waals surface area contributed by atoms with Gasteiger partial charge in [-0.05, 0) is 43.2 Å². The molecule has 0 radical (unpaired) electrons. The zero-order valence-electron chi connectivity index (χ0n) is 17.1. The number of aliphatic hydroxyl groups is 1. The van der Waals surface area contributed by atoms with Gasteiger partial charge in [-0.2, -0.15) is 5.10 Å². The highest BCUT2D eigenvalue weighted by molar-refractivity contribution is 7.15. The van der Waals surface area contributed by atoms with E-state index in [0.717, 1.165) is 33.0 Å². The number of rotatable bonds is 4. The van der Waals surface area contributed by atoms with Gasteiger partial charge in [-0.25, -0.2) is 5.01 Å². The molecular weight excluding hydrogens is 410 g/mol. The maximum atomic E-state index is 9.97. The van der Waals surface area contributed by atoms with Crippen LogP contribution in [0.25, 0.3) is 5.00 Å². The van der Waals surface area contributed by atoms with E-state index in [4.69, 9.17) is 10.8 Å². The number of nitrogens with zero attached hydrogens (tertiary/aromatic N) is 6. The van der Waals surface area contributed by atoms with E-state index in [2.05, 4.69) is 29.0 Å². The van der Waals surface area contributed by atoms with Crippen molar-refractivity contribution in [1.82, 2.24) is 19.7 Å². The Morgan fingerprint density at radius 1 is 1.10 bits per heavy atom. The van der Waals surface area contributed by atoms with E-state index in [-0.39, 0.29) is 6.61 Å². The molecule has 0 fully saturated rings. The number of anilines is 2. The Hall–Kier alpha value is -3.56. The van der Waals surface area contributed by atoms with Crippen LogP contribution in [0.4, 0.5) is 11.6 Å². The van der Waals surface area contributed by atoms with E-state index >= 15 is 0 Å². The van der Waals surface area contributed by atoms with Crippen LogP contribution in [0.3, 0.4) is 0 Å². The lowest BCUT2D eigenvalue weighted by atomic mass is 10.00. The van der Waals surface area contributed by atoms with Crippen molar-refractivity contribution in [2.75, 3.05) is 10.7 Å². The molecule has 0 bridgehead atoms. The van der Waals surface area contributed by atoms with Crippen molar-refractivity contribution in [1.29, 1.82) is 0 Å². The van der Waals surface area contributed by atoms with E-state index < -0.39 is 0 Å². The maximum absolute atomic E-state index is 9.97. The number of aryl methyl sites for hydroxylation is 1. The van der Waals surface area contributed by atoms with Gasteiger partial charge in [0.15, 0.2) is 5.82 Å². The van der Waals surface area contributed by atoms with Gasteiger partial charge in [-0.3, -0.25) is 9.55 Å². The Bertz CT molecular complexity index is 1280. The third-order valence-corrected chi connectivity index (χ3v) is 6.54. The first kappa shape index (κ1) is 19.4. The van der Waals surface area contributed by atoms with Gasteiger partial charge in [-0.1, -0.05) is 18.2 Å². The minimum Gasteiger partial charge on any atom is -0.399 e. The van der Waals surface area contributed by atoms with Crippen molar-refractivity contribution in [3.8, 4) is 5.00 Å². The summed E-state index contributed by atoms with van der Waals surface area (Å²) in [5.74, 6) is 1.03. The van der Waals surface area contributed by atoms with Gasteiger partial charge in [0.1, 0.15) is 17.3 Å². The molecule has 3 N–H and O–H groups in total. The summed E-state index contributed by atoms with van der Waals surface area (Å²) in [6.45, 7) is 4.42. The molecule has 9 heteroatoms. The molecule has 0 saturated heterocycles. The number of aliphatic hydroxyl groups excluding tert-OH is 1. The average molecular weight is 432 g/mol. The number of hydrogen-bond donors (Lipinski definition) is 2. The first-order valence-corrected chi connectivity index (χ1v) is 10.7. The first-order valence-electron chi connectivity index (χ1n) is 9.83. The smallest absolute Gasteiger partial charge is 0.253 e. The van der Waals surface area contributed by atoms with Crippen molar-refractivity contribution in [3.63, 3.8) is 0 Å². The van der Waals surface area contributed by atoms with Crippen molar-refractivity contribution in [2.24, 2.45) is 5.10 Å². The summed E-state index contributed by atoms with van der Waals surface area (Å²) < 4.78 is 1.91. The van der Waals surface area contributed by atoms with Gasteiger partial charge in [0, 0.05) is 34.1 Å². The van der Waals surface area contributed by atoms with E-state index in [1.807, 2.05) is 52.2 Å². The van der Waals surface area contributed by atoms with E-state index in [0.29, 0.717) is 24.0 Å². The van der Waals surface area contributed by atoms with Crippen LogP contribution in [0.1, 0.15) is 33.0 Å². The lowest BCUT2D eigenvalue weighted by Gasteiger charge is -2.18. The highest BCUT2D eigenvalue weighted by atomic mass is 32.1. The maximum Gasteiger partial charge on any atom is 0.253 e. The SMILES string of the molecule is Cc1sc2c(c1C)C(c1ccc(N)cc1)=NN(Cc1cccnc1)c1nnc(CO)n1-2. The van der Waals surface area contributed by atoms with Crippen molar-refractivity contribution >= 4 is 28.7 Å². The monoisotopic (exact) mass is 431 g/mol. The third-order valence-electron chi connectivity index (χ3n) is 5.35.